The molecule has 0 radical (unpaired) electrons. The Morgan fingerprint density at radius 3 is 2.43 bits per heavy atom. The molecule has 5 heteroatoms. The lowest BCUT2D eigenvalue weighted by molar-refractivity contribution is 0.103. The average molecular weight is 316 g/mol. The van der Waals surface area contributed by atoms with Crippen LogP contribution in [0.1, 0.15) is 45.2 Å². The Hall–Kier alpha value is -1.78. The molecule has 1 atom stereocenters. The first-order valence-electron chi connectivity index (χ1n) is 6.49. The van der Waals surface area contributed by atoms with Gasteiger partial charge in [0.05, 0.1) is 10.6 Å². The maximum absolute atomic E-state index is 14.5. The lowest BCUT2D eigenvalue weighted by Crippen LogP contribution is -2.14. The first-order chi connectivity index (χ1) is 9.95. The van der Waals surface area contributed by atoms with Gasteiger partial charge in [-0.05, 0) is 36.8 Å². The number of halogens is 3. The van der Waals surface area contributed by atoms with Crippen molar-refractivity contribution in [2.24, 2.45) is 5.73 Å². The minimum Gasteiger partial charge on any atom is -0.324 e. The summed E-state index contributed by atoms with van der Waals surface area (Å²) < 4.78 is 27.4. The summed E-state index contributed by atoms with van der Waals surface area (Å²) >= 11 is 5.95. The number of ketones is 1. The molecule has 2 aromatic rings. The molecule has 2 N–H and O–H groups in total. The zero-order chi connectivity index (χ0) is 15.6. The third kappa shape index (κ3) is 3.12. The van der Waals surface area contributed by atoms with Gasteiger partial charge < -0.3 is 5.73 Å². The van der Waals surface area contributed by atoms with Crippen LogP contribution in [0.2, 0.25) is 5.02 Å². The highest BCUT2D eigenvalue weighted by Gasteiger charge is 2.22. The predicted molar refractivity (Wildman–Crippen MR) is 84.8 cm³/mol. The molecule has 0 fully saturated rings. The van der Waals surface area contributed by atoms with Gasteiger partial charge in [0.25, 0.3) is 0 Å². The van der Waals surface area contributed by atoms with Crippen molar-refractivity contribution in [3.05, 3.63) is 69.7 Å². The molecule has 2 nitrogen and oxygen atoms in total. The van der Waals surface area contributed by atoms with Gasteiger partial charge in [-0.15, -0.1) is 0 Å². The van der Waals surface area contributed by atoms with E-state index in [9.17, 15) is 13.6 Å². The molecular formula is C16H20ClF2NO. The minimum atomic E-state index is -0.717. The topological polar surface area (TPSA) is 43.1 Å². The molecule has 0 aliphatic carbocycles. The van der Waals surface area contributed by atoms with E-state index in [4.69, 9.17) is 17.3 Å². The first kappa shape index (κ1) is 15.6. The second kappa shape index (κ2) is 6.33. The Balaban J connectivity index is 0. The fourth-order valence-electron chi connectivity index (χ4n) is 2.03. The fourth-order valence-corrected chi connectivity index (χ4v) is 2.26. The van der Waals surface area contributed by atoms with Crippen LogP contribution in [0.25, 0.3) is 0 Å². The summed E-state index contributed by atoms with van der Waals surface area (Å²) in [5.41, 5.74) is 6.01. The SMILES string of the molecule is CC[C@@H](N)c1ccc(Cl)c(C(=O)c2ccc(F)cc2)c1F.[HH].[HH].[HH]. The Kier molecular flexibility index (Phi) is 4.70. The lowest BCUT2D eigenvalue weighted by atomic mass is 9.96. The van der Waals surface area contributed by atoms with E-state index in [2.05, 4.69) is 0 Å². The number of hydrogen-bond donors (Lipinski definition) is 1. The monoisotopic (exact) mass is 315 g/mol. The van der Waals surface area contributed by atoms with Crippen LogP contribution in [-0.4, -0.2) is 5.78 Å². The van der Waals surface area contributed by atoms with Gasteiger partial charge in [0, 0.05) is 21.4 Å². The van der Waals surface area contributed by atoms with E-state index in [0.29, 0.717) is 6.42 Å². The maximum Gasteiger partial charge on any atom is 0.197 e. The fraction of sp³-hybridized carbons (Fsp3) is 0.188. The van der Waals surface area contributed by atoms with Crippen molar-refractivity contribution in [2.45, 2.75) is 19.4 Å². The molecule has 0 spiro atoms. The van der Waals surface area contributed by atoms with Crippen LogP contribution in [0.4, 0.5) is 8.78 Å². The molecule has 0 aliphatic heterocycles. The molecule has 2 rings (SSSR count). The lowest BCUT2D eigenvalue weighted by Gasteiger charge is -2.14. The Morgan fingerprint density at radius 2 is 1.86 bits per heavy atom. The Bertz CT molecular complexity index is 684. The standard InChI is InChI=1S/C16H14ClF2NO.3H2/c1-2-13(20)11-7-8-12(17)14(15(11)19)16(21)9-3-5-10(18)6-4-9;;;/h3-8,13H,2,20H2,1H3;3*1H/t13-;;;/m1.../s1. The van der Waals surface area contributed by atoms with Crippen LogP contribution in [0.3, 0.4) is 0 Å². The van der Waals surface area contributed by atoms with Crippen molar-refractivity contribution >= 4 is 17.4 Å². The number of carbonyl (C=O) groups excluding carboxylic acids is 1. The van der Waals surface area contributed by atoms with Crippen molar-refractivity contribution in [1.29, 1.82) is 0 Å². The van der Waals surface area contributed by atoms with E-state index in [1.54, 1.807) is 0 Å². The zero-order valence-corrected chi connectivity index (χ0v) is 12.1. The van der Waals surface area contributed by atoms with Crippen LogP contribution in [0.15, 0.2) is 36.4 Å². The van der Waals surface area contributed by atoms with E-state index < -0.39 is 23.5 Å². The molecule has 0 saturated heterocycles. The smallest absolute Gasteiger partial charge is 0.197 e. The van der Waals surface area contributed by atoms with Crippen molar-refractivity contribution in [1.82, 2.24) is 0 Å². The van der Waals surface area contributed by atoms with E-state index in [0.717, 1.165) is 12.1 Å². The van der Waals surface area contributed by atoms with Crippen molar-refractivity contribution < 1.29 is 17.9 Å². The third-order valence-electron chi connectivity index (χ3n) is 3.29. The van der Waals surface area contributed by atoms with Crippen LogP contribution in [-0.2, 0) is 0 Å². The number of carbonyl (C=O) groups is 1. The average Bonchev–Trinajstić information content (AvgIpc) is 2.47. The molecule has 0 unspecified atom stereocenters. The van der Waals surface area contributed by atoms with E-state index >= 15 is 0 Å². The first-order valence-corrected chi connectivity index (χ1v) is 6.87. The molecule has 0 saturated carbocycles. The summed E-state index contributed by atoms with van der Waals surface area (Å²) in [6, 6.07) is 7.28. The van der Waals surface area contributed by atoms with Crippen molar-refractivity contribution in [3.8, 4) is 0 Å². The van der Waals surface area contributed by atoms with Gasteiger partial charge in [-0.3, -0.25) is 4.79 Å². The number of benzene rings is 2. The van der Waals surface area contributed by atoms with Gasteiger partial charge in [-0.1, -0.05) is 24.6 Å². The molecular weight excluding hydrogens is 296 g/mol. The predicted octanol–water partition coefficient (Wildman–Crippen LogP) is 5.00. The summed E-state index contributed by atoms with van der Waals surface area (Å²) in [6.45, 7) is 1.82. The number of rotatable bonds is 4. The molecule has 0 bridgehead atoms. The highest BCUT2D eigenvalue weighted by atomic mass is 35.5. The number of nitrogens with two attached hydrogens (primary N) is 1. The zero-order valence-electron chi connectivity index (χ0n) is 11.4. The van der Waals surface area contributed by atoms with E-state index in [1.165, 1.54) is 24.3 Å². The molecule has 0 aromatic heterocycles. The Morgan fingerprint density at radius 1 is 1.24 bits per heavy atom. The number of hydrogen-bond acceptors (Lipinski definition) is 2. The van der Waals surface area contributed by atoms with Gasteiger partial charge >= 0.3 is 0 Å². The van der Waals surface area contributed by atoms with Gasteiger partial charge in [-0.25, -0.2) is 8.78 Å². The molecule has 116 valence electrons. The van der Waals surface area contributed by atoms with Crippen LogP contribution in [0.5, 0.6) is 0 Å². The summed E-state index contributed by atoms with van der Waals surface area (Å²) in [5.74, 6) is -1.78. The molecule has 0 heterocycles. The van der Waals surface area contributed by atoms with Gasteiger partial charge in [-0.2, -0.15) is 0 Å². The molecule has 21 heavy (non-hydrogen) atoms. The summed E-state index contributed by atoms with van der Waals surface area (Å²) in [6.07, 6.45) is 0.530. The molecule has 0 amide bonds. The minimum absolute atomic E-state index is 0. The normalized spacial score (nSPS) is 12.2. The van der Waals surface area contributed by atoms with Crippen molar-refractivity contribution in [3.63, 3.8) is 0 Å². The highest BCUT2D eigenvalue weighted by molar-refractivity contribution is 6.35. The molecule has 2 aromatic carbocycles. The summed E-state index contributed by atoms with van der Waals surface area (Å²) in [4.78, 5) is 12.4. The Labute approximate surface area is 131 Å². The second-order valence-electron chi connectivity index (χ2n) is 4.68. The van der Waals surface area contributed by atoms with Crippen LogP contribution in [0, 0.1) is 11.6 Å². The van der Waals surface area contributed by atoms with Crippen LogP contribution >= 0.6 is 11.6 Å². The summed E-state index contributed by atoms with van der Waals surface area (Å²) in [7, 11) is 0. The largest absolute Gasteiger partial charge is 0.324 e. The van der Waals surface area contributed by atoms with Gasteiger partial charge in [0.2, 0.25) is 0 Å². The van der Waals surface area contributed by atoms with Gasteiger partial charge in [0.1, 0.15) is 11.6 Å². The van der Waals surface area contributed by atoms with E-state index in [-0.39, 0.29) is 26.0 Å². The van der Waals surface area contributed by atoms with Gasteiger partial charge in [0.15, 0.2) is 5.78 Å². The van der Waals surface area contributed by atoms with Crippen LogP contribution < -0.4 is 5.73 Å². The summed E-state index contributed by atoms with van der Waals surface area (Å²) in [5, 5.41) is 0.00822. The van der Waals surface area contributed by atoms with Crippen molar-refractivity contribution in [2.75, 3.05) is 0 Å². The maximum atomic E-state index is 14.5. The second-order valence-corrected chi connectivity index (χ2v) is 5.08. The quantitative estimate of drug-likeness (QED) is 0.807. The van der Waals surface area contributed by atoms with E-state index in [1.807, 2.05) is 6.92 Å². The molecule has 0 aliphatic rings. The highest BCUT2D eigenvalue weighted by Crippen LogP contribution is 2.28. The third-order valence-corrected chi connectivity index (χ3v) is 3.61.